The highest BCUT2D eigenvalue weighted by molar-refractivity contribution is 5.08. The Bertz CT molecular complexity index is 282. The van der Waals surface area contributed by atoms with Crippen molar-refractivity contribution in [2.24, 2.45) is 0 Å². The molecule has 0 fully saturated rings. The van der Waals surface area contributed by atoms with Crippen LogP contribution in [-0.2, 0) is 12.8 Å². The summed E-state index contributed by atoms with van der Waals surface area (Å²) < 4.78 is 0. The second-order valence-corrected chi connectivity index (χ2v) is 5.12. The van der Waals surface area contributed by atoms with Gasteiger partial charge in [0.2, 0.25) is 0 Å². The zero-order valence-corrected chi connectivity index (χ0v) is 12.1. The van der Waals surface area contributed by atoms with Crippen molar-refractivity contribution in [2.75, 3.05) is 0 Å². The summed E-state index contributed by atoms with van der Waals surface area (Å²) in [6.45, 7) is 4.50. The Morgan fingerprint density at radius 2 is 1.22 bits per heavy atom. The minimum Gasteiger partial charge on any atom is -0.241 e. The average molecular weight is 248 g/mol. The molecule has 0 saturated carbocycles. The Morgan fingerprint density at radius 3 is 1.67 bits per heavy atom. The monoisotopic (exact) mass is 248 g/mol. The largest absolute Gasteiger partial charge is 0.241 e. The number of nitrogens with zero attached hydrogens (tertiary/aromatic N) is 2. The minimum absolute atomic E-state index is 1.12. The van der Waals surface area contributed by atoms with Gasteiger partial charge in [0.1, 0.15) is 6.33 Å². The van der Waals surface area contributed by atoms with E-state index in [0.29, 0.717) is 0 Å². The van der Waals surface area contributed by atoms with Crippen molar-refractivity contribution in [1.29, 1.82) is 0 Å². The second kappa shape index (κ2) is 10.0. The van der Waals surface area contributed by atoms with Gasteiger partial charge in [0.15, 0.2) is 0 Å². The van der Waals surface area contributed by atoms with Gasteiger partial charge < -0.3 is 0 Å². The molecular formula is C16H28N2. The Kier molecular flexibility index (Phi) is 8.45. The van der Waals surface area contributed by atoms with Gasteiger partial charge in [0, 0.05) is 11.4 Å². The minimum atomic E-state index is 1.12. The van der Waals surface area contributed by atoms with Crippen molar-refractivity contribution < 1.29 is 0 Å². The third-order valence-corrected chi connectivity index (χ3v) is 3.35. The molecule has 0 aliphatic rings. The van der Waals surface area contributed by atoms with E-state index in [0.717, 1.165) is 12.8 Å². The maximum Gasteiger partial charge on any atom is 0.115 e. The van der Waals surface area contributed by atoms with E-state index in [1.807, 2.05) is 0 Å². The lowest BCUT2D eigenvalue weighted by Gasteiger charge is -2.04. The first-order valence-electron chi connectivity index (χ1n) is 7.66. The van der Waals surface area contributed by atoms with E-state index < -0.39 is 0 Å². The van der Waals surface area contributed by atoms with E-state index in [-0.39, 0.29) is 0 Å². The highest BCUT2D eigenvalue weighted by Crippen LogP contribution is 2.09. The van der Waals surface area contributed by atoms with Crippen molar-refractivity contribution >= 4 is 0 Å². The summed E-state index contributed by atoms with van der Waals surface area (Å²) in [4.78, 5) is 8.74. The van der Waals surface area contributed by atoms with Crippen molar-refractivity contribution in [3.05, 3.63) is 23.8 Å². The van der Waals surface area contributed by atoms with E-state index in [9.17, 15) is 0 Å². The van der Waals surface area contributed by atoms with Gasteiger partial charge >= 0.3 is 0 Å². The molecule has 0 saturated heterocycles. The highest BCUT2D eigenvalue weighted by Gasteiger charge is 1.99. The predicted octanol–water partition coefficient (Wildman–Crippen LogP) is 4.72. The summed E-state index contributed by atoms with van der Waals surface area (Å²) in [5, 5.41) is 0. The summed E-state index contributed by atoms with van der Waals surface area (Å²) in [5.74, 6) is 0. The van der Waals surface area contributed by atoms with Crippen LogP contribution < -0.4 is 0 Å². The van der Waals surface area contributed by atoms with Crippen LogP contribution in [0.15, 0.2) is 12.4 Å². The lowest BCUT2D eigenvalue weighted by molar-refractivity contribution is 0.649. The molecule has 0 N–H and O–H groups in total. The van der Waals surface area contributed by atoms with Crippen LogP contribution in [0, 0.1) is 0 Å². The first-order valence-corrected chi connectivity index (χ1v) is 7.66. The van der Waals surface area contributed by atoms with Crippen molar-refractivity contribution in [2.45, 2.75) is 78.1 Å². The first-order chi connectivity index (χ1) is 8.86. The molecule has 0 spiro atoms. The van der Waals surface area contributed by atoms with Gasteiger partial charge in [-0.1, -0.05) is 52.4 Å². The average Bonchev–Trinajstić information content (AvgIpc) is 2.40. The van der Waals surface area contributed by atoms with Crippen LogP contribution >= 0.6 is 0 Å². The summed E-state index contributed by atoms with van der Waals surface area (Å²) in [6.07, 6.45) is 14.4. The Morgan fingerprint density at radius 1 is 0.722 bits per heavy atom. The van der Waals surface area contributed by atoms with Crippen LogP contribution in [-0.4, -0.2) is 9.97 Å². The Balaban J connectivity index is 2.27. The molecule has 0 amide bonds. The number of rotatable bonds is 10. The van der Waals surface area contributed by atoms with Crippen molar-refractivity contribution in [3.63, 3.8) is 0 Å². The van der Waals surface area contributed by atoms with E-state index in [4.69, 9.17) is 0 Å². The number of hydrogen-bond acceptors (Lipinski definition) is 2. The van der Waals surface area contributed by atoms with Gasteiger partial charge in [0.25, 0.3) is 0 Å². The van der Waals surface area contributed by atoms with Gasteiger partial charge in [-0.3, -0.25) is 0 Å². The van der Waals surface area contributed by atoms with Crippen LogP contribution in [0.4, 0.5) is 0 Å². The molecule has 2 heteroatoms. The quantitative estimate of drug-likeness (QED) is 0.560. The Hall–Kier alpha value is -0.920. The topological polar surface area (TPSA) is 25.8 Å². The molecule has 0 aromatic carbocycles. The lowest BCUT2D eigenvalue weighted by atomic mass is 10.1. The third-order valence-electron chi connectivity index (χ3n) is 3.35. The smallest absolute Gasteiger partial charge is 0.115 e. The molecule has 0 aliphatic heterocycles. The van der Waals surface area contributed by atoms with Crippen molar-refractivity contribution in [1.82, 2.24) is 9.97 Å². The molecule has 1 heterocycles. The van der Waals surface area contributed by atoms with E-state index in [1.54, 1.807) is 6.33 Å². The summed E-state index contributed by atoms with van der Waals surface area (Å²) in [5.41, 5.74) is 2.46. The SMILES string of the molecule is CCCCCCc1cc(CCCCCC)ncn1. The van der Waals surface area contributed by atoms with Gasteiger partial charge in [-0.2, -0.15) is 0 Å². The number of hydrogen-bond donors (Lipinski definition) is 0. The molecule has 0 aliphatic carbocycles. The van der Waals surface area contributed by atoms with E-state index in [1.165, 1.54) is 62.8 Å². The maximum atomic E-state index is 4.37. The van der Waals surface area contributed by atoms with Crippen LogP contribution in [0.5, 0.6) is 0 Å². The molecular weight excluding hydrogens is 220 g/mol. The van der Waals surface area contributed by atoms with Gasteiger partial charge in [0.05, 0.1) is 0 Å². The number of aromatic nitrogens is 2. The summed E-state index contributed by atoms with van der Waals surface area (Å²) in [6, 6.07) is 2.21. The fraction of sp³-hybridized carbons (Fsp3) is 0.750. The number of aryl methyl sites for hydroxylation is 2. The molecule has 1 aromatic rings. The summed E-state index contributed by atoms with van der Waals surface area (Å²) in [7, 11) is 0. The third kappa shape index (κ3) is 6.73. The maximum absolute atomic E-state index is 4.37. The van der Waals surface area contributed by atoms with Gasteiger partial charge in [-0.05, 0) is 31.7 Å². The zero-order chi connectivity index (χ0) is 13.1. The number of unbranched alkanes of at least 4 members (excludes halogenated alkanes) is 6. The molecule has 102 valence electrons. The van der Waals surface area contributed by atoms with Crippen LogP contribution in [0.3, 0.4) is 0 Å². The lowest BCUT2D eigenvalue weighted by Crippen LogP contribution is -1.97. The fourth-order valence-corrected chi connectivity index (χ4v) is 2.18. The van der Waals surface area contributed by atoms with Gasteiger partial charge in [-0.25, -0.2) is 9.97 Å². The normalized spacial score (nSPS) is 10.8. The Labute approximate surface area is 112 Å². The van der Waals surface area contributed by atoms with Crippen LogP contribution in [0.1, 0.15) is 76.6 Å². The highest BCUT2D eigenvalue weighted by atomic mass is 14.8. The molecule has 2 nitrogen and oxygen atoms in total. The molecule has 1 aromatic heterocycles. The standard InChI is InChI=1S/C16H28N2/c1-3-5-7-9-11-15-13-16(18-14-17-15)12-10-8-6-4-2/h13-14H,3-12H2,1-2H3. The van der Waals surface area contributed by atoms with E-state index >= 15 is 0 Å². The predicted molar refractivity (Wildman–Crippen MR) is 77.7 cm³/mol. The molecule has 1 rings (SSSR count). The van der Waals surface area contributed by atoms with Gasteiger partial charge in [-0.15, -0.1) is 0 Å². The van der Waals surface area contributed by atoms with Crippen LogP contribution in [0.25, 0.3) is 0 Å². The molecule has 0 bridgehead atoms. The van der Waals surface area contributed by atoms with Crippen LogP contribution in [0.2, 0.25) is 0 Å². The van der Waals surface area contributed by atoms with Crippen molar-refractivity contribution in [3.8, 4) is 0 Å². The zero-order valence-electron chi connectivity index (χ0n) is 12.1. The molecule has 0 unspecified atom stereocenters. The fourth-order valence-electron chi connectivity index (χ4n) is 2.18. The van der Waals surface area contributed by atoms with E-state index in [2.05, 4.69) is 29.9 Å². The molecule has 0 radical (unpaired) electrons. The second-order valence-electron chi connectivity index (χ2n) is 5.12. The molecule has 18 heavy (non-hydrogen) atoms. The first kappa shape index (κ1) is 15.1. The summed E-state index contributed by atoms with van der Waals surface area (Å²) >= 11 is 0. The molecule has 0 atom stereocenters.